The van der Waals surface area contributed by atoms with Crippen LogP contribution < -0.4 is 23.8 Å². The van der Waals surface area contributed by atoms with Gasteiger partial charge in [-0.2, -0.15) is 0 Å². The van der Waals surface area contributed by atoms with Crippen LogP contribution in [0.4, 0.5) is 10.1 Å². The average Bonchev–Trinajstić information content (AvgIpc) is 3.02. The molecule has 0 fully saturated rings. The second kappa shape index (κ2) is 13.8. The van der Waals surface area contributed by atoms with Crippen molar-refractivity contribution in [1.29, 1.82) is 0 Å². The van der Waals surface area contributed by atoms with Crippen molar-refractivity contribution in [3.63, 3.8) is 0 Å². The number of halogens is 1. The molecule has 3 aromatic rings. The van der Waals surface area contributed by atoms with E-state index in [1.165, 1.54) is 42.3 Å². The molecule has 3 aromatic carbocycles. The second-order valence-corrected chi connectivity index (χ2v) is 12.0. The molecule has 0 bridgehead atoms. The summed E-state index contributed by atoms with van der Waals surface area (Å²) in [7, 11) is -2.85. The van der Waals surface area contributed by atoms with Gasteiger partial charge >= 0.3 is 0 Å². The van der Waals surface area contributed by atoms with Gasteiger partial charge in [0.2, 0.25) is 11.8 Å². The van der Waals surface area contributed by atoms with Crippen molar-refractivity contribution in [2.45, 2.75) is 50.7 Å². The Hall–Kier alpha value is -4.32. The maximum Gasteiger partial charge on any atom is 0.264 e. The van der Waals surface area contributed by atoms with Gasteiger partial charge in [-0.3, -0.25) is 13.9 Å². The fourth-order valence-corrected chi connectivity index (χ4v) is 5.89. The molecule has 1 aliphatic rings. The molecular formula is C31H36FN3O7S. The average molecular weight is 614 g/mol. The predicted molar refractivity (Wildman–Crippen MR) is 159 cm³/mol. The van der Waals surface area contributed by atoms with E-state index in [2.05, 4.69) is 5.32 Å². The Labute approximate surface area is 251 Å². The Kier molecular flexibility index (Phi) is 10.1. The summed E-state index contributed by atoms with van der Waals surface area (Å²) in [5, 5.41) is 2.89. The number of sulfonamides is 1. The molecule has 1 heterocycles. The van der Waals surface area contributed by atoms with E-state index < -0.39 is 34.3 Å². The lowest BCUT2D eigenvalue weighted by Gasteiger charge is -2.32. The summed E-state index contributed by atoms with van der Waals surface area (Å²) in [6.07, 6.45) is 0.689. The van der Waals surface area contributed by atoms with Crippen LogP contribution in [0.5, 0.6) is 17.2 Å². The van der Waals surface area contributed by atoms with E-state index in [-0.39, 0.29) is 41.4 Å². The van der Waals surface area contributed by atoms with Gasteiger partial charge < -0.3 is 24.4 Å². The van der Waals surface area contributed by atoms with Crippen LogP contribution >= 0.6 is 0 Å². The van der Waals surface area contributed by atoms with Crippen molar-refractivity contribution in [1.82, 2.24) is 10.2 Å². The zero-order valence-corrected chi connectivity index (χ0v) is 25.4. The predicted octanol–water partition coefficient (Wildman–Crippen LogP) is 4.13. The molecule has 230 valence electrons. The van der Waals surface area contributed by atoms with Gasteiger partial charge in [-0.15, -0.1) is 0 Å². The van der Waals surface area contributed by atoms with Gasteiger partial charge in [0.1, 0.15) is 37.4 Å². The van der Waals surface area contributed by atoms with Gasteiger partial charge in [0, 0.05) is 18.7 Å². The number of carbonyl (C=O) groups is 2. The summed E-state index contributed by atoms with van der Waals surface area (Å²) >= 11 is 0. The molecule has 43 heavy (non-hydrogen) atoms. The second-order valence-electron chi connectivity index (χ2n) is 10.2. The Balaban J connectivity index is 1.72. The molecule has 0 spiro atoms. The van der Waals surface area contributed by atoms with Gasteiger partial charge in [-0.25, -0.2) is 12.8 Å². The molecule has 0 aliphatic carbocycles. The quantitative estimate of drug-likeness (QED) is 0.327. The number of carbonyl (C=O) groups excluding carboxylic acids is 2. The number of hydrogen-bond donors (Lipinski definition) is 1. The summed E-state index contributed by atoms with van der Waals surface area (Å²) in [6, 6.07) is 14.9. The number of nitrogens with one attached hydrogen (secondary N) is 1. The number of hydrogen-bond acceptors (Lipinski definition) is 7. The maximum absolute atomic E-state index is 14.1. The van der Waals surface area contributed by atoms with Gasteiger partial charge in [0.25, 0.3) is 10.0 Å². The van der Waals surface area contributed by atoms with Gasteiger partial charge in [0.05, 0.1) is 17.7 Å². The first-order chi connectivity index (χ1) is 20.5. The first-order valence-corrected chi connectivity index (χ1v) is 15.4. The number of fused-ring (bicyclic) bond motifs is 1. The van der Waals surface area contributed by atoms with Crippen molar-refractivity contribution in [2.24, 2.45) is 0 Å². The van der Waals surface area contributed by atoms with Crippen LogP contribution in [0.15, 0.2) is 71.6 Å². The standard InChI is InChI=1S/C31H36FN3O7S/c1-5-21(2)33-31(37)22(3)34(19-23-7-6-8-26(17-23)40-4)30(36)20-35(25-11-9-24(32)10-12-25)43(38,39)27-13-14-28-29(18-27)42-16-15-41-28/h6-14,17-18,21-22H,5,15-16,19-20H2,1-4H3,(H,33,37)/t21-,22-/m1/s1. The first kappa shape index (κ1) is 31.6. The fraction of sp³-hybridized carbons (Fsp3) is 0.355. The number of nitrogens with zero attached hydrogens (tertiary/aromatic N) is 2. The normalized spacial score (nSPS) is 13.9. The maximum atomic E-state index is 14.1. The highest BCUT2D eigenvalue weighted by Crippen LogP contribution is 2.34. The number of amides is 2. The van der Waals surface area contributed by atoms with Crippen molar-refractivity contribution in [3.8, 4) is 17.2 Å². The summed E-state index contributed by atoms with van der Waals surface area (Å²) in [5.41, 5.74) is 0.751. The highest BCUT2D eigenvalue weighted by Gasteiger charge is 2.33. The van der Waals surface area contributed by atoms with Crippen LogP contribution in [0.1, 0.15) is 32.8 Å². The van der Waals surface area contributed by atoms with E-state index in [9.17, 15) is 22.4 Å². The molecule has 0 saturated heterocycles. The Morgan fingerprint density at radius 3 is 2.37 bits per heavy atom. The number of anilines is 1. The van der Waals surface area contributed by atoms with Crippen molar-refractivity contribution >= 4 is 27.5 Å². The van der Waals surface area contributed by atoms with Gasteiger partial charge in [-0.05, 0) is 74.4 Å². The van der Waals surface area contributed by atoms with E-state index in [4.69, 9.17) is 14.2 Å². The Morgan fingerprint density at radius 2 is 1.70 bits per heavy atom. The van der Waals surface area contributed by atoms with Crippen LogP contribution in [-0.2, 0) is 26.2 Å². The molecule has 0 radical (unpaired) electrons. The summed E-state index contributed by atoms with van der Waals surface area (Å²) < 4.78 is 59.3. The van der Waals surface area contributed by atoms with Crippen molar-refractivity contribution < 1.29 is 36.6 Å². The summed E-state index contributed by atoms with van der Waals surface area (Å²) in [5.74, 6) is -0.362. The smallest absolute Gasteiger partial charge is 0.264 e. The monoisotopic (exact) mass is 613 g/mol. The first-order valence-electron chi connectivity index (χ1n) is 13.9. The molecule has 12 heteroatoms. The fourth-order valence-electron chi connectivity index (χ4n) is 4.46. The zero-order valence-electron chi connectivity index (χ0n) is 24.6. The van der Waals surface area contributed by atoms with E-state index in [1.807, 2.05) is 13.8 Å². The van der Waals surface area contributed by atoms with E-state index in [0.717, 1.165) is 16.4 Å². The highest BCUT2D eigenvalue weighted by atomic mass is 32.2. The minimum absolute atomic E-state index is 0.00640. The van der Waals surface area contributed by atoms with E-state index in [1.54, 1.807) is 31.2 Å². The Bertz CT molecular complexity index is 1550. The third-order valence-corrected chi connectivity index (χ3v) is 8.92. The molecule has 1 N–H and O–H groups in total. The van der Waals surface area contributed by atoms with Crippen LogP contribution in [0.25, 0.3) is 0 Å². The third-order valence-electron chi connectivity index (χ3n) is 7.15. The van der Waals surface area contributed by atoms with Crippen LogP contribution in [0.3, 0.4) is 0 Å². The minimum Gasteiger partial charge on any atom is -0.497 e. The molecule has 0 aromatic heterocycles. The molecular weight excluding hydrogens is 577 g/mol. The lowest BCUT2D eigenvalue weighted by molar-refractivity contribution is -0.139. The third kappa shape index (κ3) is 7.56. The summed E-state index contributed by atoms with van der Waals surface area (Å²) in [6.45, 7) is 5.31. The van der Waals surface area contributed by atoms with Crippen LogP contribution in [-0.4, -0.2) is 64.1 Å². The largest absolute Gasteiger partial charge is 0.497 e. The topological polar surface area (TPSA) is 114 Å². The molecule has 10 nitrogen and oxygen atoms in total. The Morgan fingerprint density at radius 1 is 1.00 bits per heavy atom. The van der Waals surface area contributed by atoms with Crippen molar-refractivity contribution in [3.05, 3.63) is 78.1 Å². The van der Waals surface area contributed by atoms with Crippen LogP contribution in [0.2, 0.25) is 0 Å². The van der Waals surface area contributed by atoms with Crippen molar-refractivity contribution in [2.75, 3.05) is 31.2 Å². The van der Waals surface area contributed by atoms with E-state index in [0.29, 0.717) is 30.1 Å². The number of ether oxygens (including phenoxy) is 3. The lowest BCUT2D eigenvalue weighted by atomic mass is 10.1. The van der Waals surface area contributed by atoms with Gasteiger partial charge in [0.15, 0.2) is 11.5 Å². The highest BCUT2D eigenvalue weighted by molar-refractivity contribution is 7.92. The SMILES string of the molecule is CC[C@@H](C)NC(=O)[C@@H](C)N(Cc1cccc(OC)c1)C(=O)CN(c1ccc(F)cc1)S(=O)(=O)c1ccc2c(c1)OCCO2. The summed E-state index contributed by atoms with van der Waals surface area (Å²) in [4.78, 5) is 28.4. The molecule has 2 amide bonds. The van der Waals surface area contributed by atoms with E-state index >= 15 is 0 Å². The lowest BCUT2D eigenvalue weighted by Crippen LogP contribution is -2.52. The molecule has 1 aliphatic heterocycles. The van der Waals surface area contributed by atoms with Crippen LogP contribution in [0, 0.1) is 5.82 Å². The number of rotatable bonds is 12. The molecule has 4 rings (SSSR count). The number of methoxy groups -OCH3 is 1. The number of benzene rings is 3. The molecule has 0 saturated carbocycles. The minimum atomic E-state index is -4.37. The molecule has 2 atom stereocenters. The van der Waals surface area contributed by atoms with Gasteiger partial charge in [-0.1, -0.05) is 19.1 Å². The zero-order chi connectivity index (χ0) is 31.1. The molecule has 0 unspecified atom stereocenters.